The van der Waals surface area contributed by atoms with Gasteiger partial charge in [-0.1, -0.05) is 20.8 Å². The highest BCUT2D eigenvalue weighted by atomic mass is 19.4. The van der Waals surface area contributed by atoms with E-state index in [-0.39, 0.29) is 12.0 Å². The van der Waals surface area contributed by atoms with E-state index in [1.54, 1.807) is 25.7 Å². The van der Waals surface area contributed by atoms with Gasteiger partial charge in [0.1, 0.15) is 0 Å². The summed E-state index contributed by atoms with van der Waals surface area (Å²) in [5, 5.41) is 2.48. The number of carbonyl (C=O) groups is 2. The van der Waals surface area contributed by atoms with Crippen molar-refractivity contribution in [1.29, 1.82) is 0 Å². The molecule has 1 aromatic carbocycles. The summed E-state index contributed by atoms with van der Waals surface area (Å²) in [4.78, 5) is 26.2. The van der Waals surface area contributed by atoms with Crippen molar-refractivity contribution in [3.63, 3.8) is 0 Å². The zero-order valence-corrected chi connectivity index (χ0v) is 16.2. The third-order valence-corrected chi connectivity index (χ3v) is 4.61. The molecule has 0 unspecified atom stereocenters. The molecule has 0 bridgehead atoms. The topological polar surface area (TPSA) is 49.4 Å². The van der Waals surface area contributed by atoms with Crippen LogP contribution in [-0.2, 0) is 17.1 Å². The number of benzene rings is 1. The average Bonchev–Trinajstić information content (AvgIpc) is 2.59. The molecule has 0 radical (unpaired) electrons. The standard InChI is InChI=1S/C19H22F6N2O2/c1-17(2,3)16(29)27-6-4-14(5-7-27)26-15(28)11-8-12(18(20,21)22)10-13(9-11)19(23,24)25/h8-10,14H,4-7H2,1-3H3,(H,26,28). The van der Waals surface area contributed by atoms with Gasteiger partial charge in [-0.05, 0) is 31.0 Å². The Balaban J connectivity index is 2.13. The van der Waals surface area contributed by atoms with E-state index >= 15 is 0 Å². The van der Waals surface area contributed by atoms with Crippen molar-refractivity contribution in [2.45, 2.75) is 52.0 Å². The van der Waals surface area contributed by atoms with Crippen molar-refractivity contribution in [3.05, 3.63) is 34.9 Å². The number of alkyl halides is 6. The van der Waals surface area contributed by atoms with Gasteiger partial charge in [0, 0.05) is 30.1 Å². The van der Waals surface area contributed by atoms with E-state index in [1.165, 1.54) is 0 Å². The van der Waals surface area contributed by atoms with E-state index in [9.17, 15) is 35.9 Å². The van der Waals surface area contributed by atoms with Gasteiger partial charge in [-0.25, -0.2) is 0 Å². The van der Waals surface area contributed by atoms with Gasteiger partial charge in [-0.15, -0.1) is 0 Å². The maximum absolute atomic E-state index is 12.9. The molecular formula is C19H22F6N2O2. The minimum absolute atomic E-state index is 0.0205. The van der Waals surface area contributed by atoms with Crippen molar-refractivity contribution < 1.29 is 35.9 Å². The van der Waals surface area contributed by atoms with Crippen LogP contribution in [0.1, 0.15) is 55.1 Å². The summed E-state index contributed by atoms with van der Waals surface area (Å²) in [5.74, 6) is -1.07. The second-order valence-corrected chi connectivity index (χ2v) is 8.08. The molecule has 2 amide bonds. The summed E-state index contributed by atoms with van der Waals surface area (Å²) in [6, 6.07) is 0.342. The molecule has 0 saturated carbocycles. The Bertz CT molecular complexity index is 740. The quantitative estimate of drug-likeness (QED) is 0.712. The highest BCUT2D eigenvalue weighted by molar-refractivity contribution is 5.95. The lowest BCUT2D eigenvalue weighted by atomic mass is 9.93. The van der Waals surface area contributed by atoms with Gasteiger partial charge in [0.05, 0.1) is 11.1 Å². The maximum atomic E-state index is 12.9. The molecule has 1 fully saturated rings. The first-order chi connectivity index (χ1) is 13.1. The van der Waals surface area contributed by atoms with E-state index in [0.29, 0.717) is 38.1 Å². The molecule has 1 heterocycles. The van der Waals surface area contributed by atoms with E-state index in [0.717, 1.165) is 0 Å². The lowest BCUT2D eigenvalue weighted by molar-refractivity contribution is -0.143. The predicted molar refractivity (Wildman–Crippen MR) is 93.0 cm³/mol. The molecule has 1 aliphatic heterocycles. The van der Waals surface area contributed by atoms with Crippen LogP contribution in [0.4, 0.5) is 26.3 Å². The molecule has 1 aliphatic rings. The van der Waals surface area contributed by atoms with E-state index < -0.39 is 46.4 Å². The van der Waals surface area contributed by atoms with Gasteiger partial charge >= 0.3 is 12.4 Å². The molecule has 0 spiro atoms. The SMILES string of the molecule is CC(C)(C)C(=O)N1CCC(NC(=O)c2cc(C(F)(F)F)cc(C(F)(F)F)c2)CC1. The second kappa shape index (κ2) is 7.87. The fourth-order valence-corrected chi connectivity index (χ4v) is 3.06. The largest absolute Gasteiger partial charge is 0.416 e. The third-order valence-electron chi connectivity index (χ3n) is 4.61. The van der Waals surface area contributed by atoms with Gasteiger partial charge < -0.3 is 10.2 Å². The first kappa shape index (κ1) is 23.0. The third kappa shape index (κ3) is 5.86. The van der Waals surface area contributed by atoms with Crippen molar-refractivity contribution in [2.75, 3.05) is 13.1 Å². The van der Waals surface area contributed by atoms with Crippen LogP contribution in [0.5, 0.6) is 0 Å². The summed E-state index contributed by atoms with van der Waals surface area (Å²) in [7, 11) is 0. The van der Waals surface area contributed by atoms with Crippen LogP contribution in [0.25, 0.3) is 0 Å². The Morgan fingerprint density at radius 1 is 0.897 bits per heavy atom. The highest BCUT2D eigenvalue weighted by Crippen LogP contribution is 2.36. The van der Waals surface area contributed by atoms with Gasteiger partial charge in [0.15, 0.2) is 0 Å². The molecule has 162 valence electrons. The van der Waals surface area contributed by atoms with Crippen molar-refractivity contribution >= 4 is 11.8 Å². The van der Waals surface area contributed by atoms with Crippen LogP contribution in [0.3, 0.4) is 0 Å². The summed E-state index contributed by atoms with van der Waals surface area (Å²) in [6.45, 7) is 6.01. The lowest BCUT2D eigenvalue weighted by Gasteiger charge is -2.36. The maximum Gasteiger partial charge on any atom is 0.416 e. The molecule has 29 heavy (non-hydrogen) atoms. The molecule has 0 aromatic heterocycles. The molecule has 1 aromatic rings. The smallest absolute Gasteiger partial charge is 0.349 e. The number of rotatable bonds is 2. The monoisotopic (exact) mass is 424 g/mol. The Kier molecular flexibility index (Phi) is 6.25. The Morgan fingerprint density at radius 2 is 1.34 bits per heavy atom. The fourth-order valence-electron chi connectivity index (χ4n) is 3.06. The van der Waals surface area contributed by atoms with Crippen molar-refractivity contribution in [1.82, 2.24) is 10.2 Å². The fraction of sp³-hybridized carbons (Fsp3) is 0.579. The number of piperidine rings is 1. The zero-order chi connectivity index (χ0) is 22.2. The summed E-state index contributed by atoms with van der Waals surface area (Å²) in [6.07, 6.45) is -9.32. The summed E-state index contributed by atoms with van der Waals surface area (Å²) in [5.41, 5.74) is -4.35. The minimum atomic E-state index is -5.02. The van der Waals surface area contributed by atoms with E-state index in [4.69, 9.17) is 0 Å². The summed E-state index contributed by atoms with van der Waals surface area (Å²) >= 11 is 0. The predicted octanol–water partition coefficient (Wildman–Crippen LogP) is 4.49. The van der Waals surface area contributed by atoms with Gasteiger partial charge in [0.2, 0.25) is 5.91 Å². The number of nitrogens with one attached hydrogen (secondary N) is 1. The number of halogens is 6. The van der Waals surface area contributed by atoms with Crippen LogP contribution in [0, 0.1) is 5.41 Å². The van der Waals surface area contributed by atoms with Crippen LogP contribution >= 0.6 is 0 Å². The lowest BCUT2D eigenvalue weighted by Crippen LogP contribution is -2.49. The number of hydrogen-bond acceptors (Lipinski definition) is 2. The van der Waals surface area contributed by atoms with E-state index in [1.807, 2.05) is 0 Å². The molecular weight excluding hydrogens is 402 g/mol. The molecule has 0 atom stereocenters. The van der Waals surface area contributed by atoms with Gasteiger partial charge in [-0.2, -0.15) is 26.3 Å². The molecule has 0 aliphatic carbocycles. The van der Waals surface area contributed by atoms with Crippen LogP contribution in [0.15, 0.2) is 18.2 Å². The van der Waals surface area contributed by atoms with Crippen LogP contribution in [0.2, 0.25) is 0 Å². The Morgan fingerprint density at radius 3 is 1.72 bits per heavy atom. The van der Waals surface area contributed by atoms with Gasteiger partial charge in [0.25, 0.3) is 5.91 Å². The first-order valence-electron chi connectivity index (χ1n) is 8.99. The zero-order valence-electron chi connectivity index (χ0n) is 16.2. The van der Waals surface area contributed by atoms with Crippen molar-refractivity contribution in [3.8, 4) is 0 Å². The number of nitrogens with zero attached hydrogens (tertiary/aromatic N) is 1. The van der Waals surface area contributed by atoms with E-state index in [2.05, 4.69) is 5.32 Å². The molecule has 4 nitrogen and oxygen atoms in total. The number of hydrogen-bond donors (Lipinski definition) is 1. The molecule has 10 heteroatoms. The first-order valence-corrected chi connectivity index (χ1v) is 8.99. The summed E-state index contributed by atoms with van der Waals surface area (Å²) < 4.78 is 77.6. The molecule has 2 rings (SSSR count). The van der Waals surface area contributed by atoms with Crippen molar-refractivity contribution in [2.24, 2.45) is 5.41 Å². The average molecular weight is 424 g/mol. The van der Waals surface area contributed by atoms with Crippen LogP contribution in [-0.4, -0.2) is 35.8 Å². The molecule has 1 saturated heterocycles. The normalized spacial score (nSPS) is 16.7. The Hall–Kier alpha value is -2.26. The number of amides is 2. The van der Waals surface area contributed by atoms with Gasteiger partial charge in [-0.3, -0.25) is 9.59 Å². The van der Waals surface area contributed by atoms with Crippen LogP contribution < -0.4 is 5.32 Å². The number of likely N-dealkylation sites (tertiary alicyclic amines) is 1. The molecule has 1 N–H and O–H groups in total. The second-order valence-electron chi connectivity index (χ2n) is 8.08. The Labute approximate surface area is 164 Å². The number of carbonyl (C=O) groups excluding carboxylic acids is 2. The minimum Gasteiger partial charge on any atom is -0.349 e. The highest BCUT2D eigenvalue weighted by Gasteiger charge is 2.38.